The number of aliphatic imine (C=N–C) groups is 3. The van der Waals surface area contributed by atoms with E-state index in [2.05, 4.69) is 27.6 Å². The van der Waals surface area contributed by atoms with Crippen molar-refractivity contribution in [2.24, 2.45) is 15.0 Å². The summed E-state index contributed by atoms with van der Waals surface area (Å²) < 4.78 is 8.22. The maximum absolute atomic E-state index is 10.9. The summed E-state index contributed by atoms with van der Waals surface area (Å²) in [5.41, 5.74) is 0. The predicted molar refractivity (Wildman–Crippen MR) is 57.5 cm³/mol. The van der Waals surface area contributed by atoms with Gasteiger partial charge in [0.15, 0.2) is 0 Å². The Morgan fingerprint density at radius 2 is 1.32 bits per heavy atom. The molecule has 0 heterocycles. The Kier molecular flexibility index (Phi) is 13.8. The molecule has 0 aromatic heterocycles. The molecule has 0 saturated carbocycles. The normalized spacial score (nSPS) is 12.7. The molecule has 0 spiro atoms. The molecule has 0 rings (SSSR count). The third kappa shape index (κ3) is 14.6. The van der Waals surface area contributed by atoms with Crippen LogP contribution in [0.4, 0.5) is 0 Å². The van der Waals surface area contributed by atoms with Crippen molar-refractivity contribution in [2.45, 2.75) is 0 Å². The van der Waals surface area contributed by atoms with Crippen LogP contribution in [0, 0.1) is 0 Å². The molecule has 0 unspecified atom stereocenters. The Morgan fingerprint density at radius 1 is 0.947 bits per heavy atom. The molecular weight excluding hydrogens is 364 g/mol. The van der Waals surface area contributed by atoms with Crippen LogP contribution in [-0.4, -0.2) is 54.2 Å². The standard InChI is InChI=1S/C8H13N3O5S.O.Tc/c12-5(2-10-7(14)4-17)9-1-6(13)11-3-8(15)16;;/h17H,1-4H2,(H,9,12)(H,10,14)(H,11,13)(H,15,16);;/q;;+4/p-4. The van der Waals surface area contributed by atoms with Crippen molar-refractivity contribution in [2.75, 3.05) is 25.4 Å². The third-order valence-corrected chi connectivity index (χ3v) is 1.54. The van der Waals surface area contributed by atoms with Crippen molar-refractivity contribution in [3.05, 3.63) is 0 Å². The molecule has 0 aliphatic heterocycles. The molecule has 9 nitrogen and oxygen atoms in total. The Balaban J connectivity index is 0. The van der Waals surface area contributed by atoms with E-state index < -0.39 is 43.3 Å². The number of carboxylic acids is 1. The van der Waals surface area contributed by atoms with Gasteiger partial charge in [-0.15, -0.1) is 5.75 Å². The fourth-order valence-corrected chi connectivity index (χ4v) is 0.704. The van der Waals surface area contributed by atoms with Crippen molar-refractivity contribution in [3.8, 4) is 0 Å². The number of hydrogen-bond donors (Lipinski definition) is 1. The molecule has 1 N–H and O–H groups in total. The van der Waals surface area contributed by atoms with Crippen molar-refractivity contribution in [1.82, 2.24) is 0 Å². The summed E-state index contributed by atoms with van der Waals surface area (Å²) in [6, 6.07) is 0. The molecule has 0 aromatic carbocycles. The van der Waals surface area contributed by atoms with Gasteiger partial charge in [0.05, 0.1) is 13.1 Å². The SMILES string of the molecule is O=C(O)CN=C([O-])CN=C([O-])CN=C([O-])C[S-].[O]=[Tc+4]. The topological polar surface area (TPSA) is 161 Å². The van der Waals surface area contributed by atoms with Gasteiger partial charge in [0.1, 0.15) is 6.54 Å². The van der Waals surface area contributed by atoms with E-state index in [1.807, 2.05) is 0 Å². The van der Waals surface area contributed by atoms with Gasteiger partial charge in [-0.3, -0.25) is 14.8 Å². The number of hydrogen-bond acceptors (Lipinski definition) is 9. The second-order valence-electron chi connectivity index (χ2n) is 2.67. The summed E-state index contributed by atoms with van der Waals surface area (Å²) in [5.74, 6) is -3.67. The monoisotopic (exact) mass is 372 g/mol. The number of aliphatic carboxylic acids is 1. The molecule has 0 saturated heterocycles. The van der Waals surface area contributed by atoms with Crippen LogP contribution in [0.1, 0.15) is 0 Å². The first-order valence-electron chi connectivity index (χ1n) is 4.52. The van der Waals surface area contributed by atoms with Crippen LogP contribution in [0.2, 0.25) is 0 Å². The van der Waals surface area contributed by atoms with Crippen LogP contribution in [0.5, 0.6) is 0 Å². The minimum atomic E-state index is -1.25. The van der Waals surface area contributed by atoms with E-state index in [9.17, 15) is 20.1 Å². The summed E-state index contributed by atoms with van der Waals surface area (Å²) in [4.78, 5) is 19.7. The number of rotatable bonds is 7. The van der Waals surface area contributed by atoms with E-state index in [1.165, 1.54) is 0 Å². The first-order chi connectivity index (χ1) is 8.95. The van der Waals surface area contributed by atoms with Crippen molar-refractivity contribution in [1.29, 1.82) is 0 Å². The number of carbonyl (C=O) groups is 1. The summed E-state index contributed by atoms with van der Waals surface area (Å²) in [7, 11) is 0. The van der Waals surface area contributed by atoms with E-state index in [1.54, 1.807) is 0 Å². The van der Waals surface area contributed by atoms with Crippen LogP contribution in [0.15, 0.2) is 15.0 Å². The van der Waals surface area contributed by atoms with Gasteiger partial charge in [0, 0.05) is 0 Å². The molecule has 11 heteroatoms. The summed E-state index contributed by atoms with van der Waals surface area (Å²) in [6.45, 7) is -1.69. The molecule has 0 bridgehead atoms. The molecule has 19 heavy (non-hydrogen) atoms. The van der Waals surface area contributed by atoms with Gasteiger partial charge in [0.2, 0.25) is 0 Å². The van der Waals surface area contributed by atoms with E-state index in [4.69, 9.17) is 8.61 Å². The van der Waals surface area contributed by atoms with E-state index in [-0.39, 0.29) is 5.75 Å². The summed E-state index contributed by atoms with van der Waals surface area (Å²) in [5, 5.41) is 40.6. The molecular formula is C8H9N3O6STc. The average molecular weight is 373 g/mol. The average Bonchev–Trinajstić information content (AvgIpc) is 2.42. The van der Waals surface area contributed by atoms with E-state index in [0.29, 0.717) is 0 Å². The Labute approximate surface area is 124 Å². The second kappa shape index (κ2) is 13.1. The molecule has 0 aliphatic rings. The molecule has 0 aromatic rings. The fraction of sp³-hybridized carbons (Fsp3) is 0.500. The zero-order chi connectivity index (χ0) is 15.3. The van der Waals surface area contributed by atoms with Gasteiger partial charge >= 0.3 is 28.3 Å². The zero-order valence-corrected chi connectivity index (χ0v) is 12.1. The molecule has 0 amide bonds. The Bertz CT molecular complexity index is 373. The van der Waals surface area contributed by atoms with Crippen molar-refractivity contribution in [3.63, 3.8) is 0 Å². The van der Waals surface area contributed by atoms with Crippen LogP contribution >= 0.6 is 0 Å². The molecule has 0 atom stereocenters. The van der Waals surface area contributed by atoms with Crippen LogP contribution in [0.3, 0.4) is 0 Å². The van der Waals surface area contributed by atoms with E-state index >= 15 is 0 Å². The van der Waals surface area contributed by atoms with Crippen molar-refractivity contribution < 1.29 is 47.6 Å². The third-order valence-electron chi connectivity index (χ3n) is 1.30. The van der Waals surface area contributed by atoms with Crippen LogP contribution in [0.25, 0.3) is 0 Å². The second-order valence-corrected chi connectivity index (χ2v) is 2.96. The van der Waals surface area contributed by atoms with Gasteiger partial charge in [-0.2, -0.15) is 0 Å². The van der Waals surface area contributed by atoms with Gasteiger partial charge < -0.3 is 38.0 Å². The van der Waals surface area contributed by atoms with Gasteiger partial charge in [-0.1, -0.05) is 5.90 Å². The van der Waals surface area contributed by atoms with Crippen LogP contribution < -0.4 is 15.3 Å². The minimum absolute atomic E-state index is 0.222. The molecule has 105 valence electrons. The van der Waals surface area contributed by atoms with Gasteiger partial charge in [-0.25, -0.2) is 0 Å². The molecule has 0 aliphatic carbocycles. The fourth-order valence-electron chi connectivity index (χ4n) is 0.613. The molecule has 0 fully saturated rings. The number of nitrogens with zero attached hydrogens (tertiary/aromatic N) is 3. The zero-order valence-electron chi connectivity index (χ0n) is 9.44. The quantitative estimate of drug-likeness (QED) is 0.269. The van der Waals surface area contributed by atoms with Gasteiger partial charge in [0.25, 0.3) is 0 Å². The van der Waals surface area contributed by atoms with E-state index in [0.717, 1.165) is 18.9 Å². The predicted octanol–water partition coefficient (Wildman–Crippen LogP) is -4.23. The van der Waals surface area contributed by atoms with Crippen LogP contribution in [-0.2, 0) is 39.8 Å². The summed E-state index contributed by atoms with van der Waals surface area (Å²) in [6.07, 6.45) is 0. The Morgan fingerprint density at radius 3 is 1.68 bits per heavy atom. The number of carboxylic acid groups (broad SMARTS) is 1. The maximum atomic E-state index is 10.9. The van der Waals surface area contributed by atoms with Gasteiger partial charge in [-0.05, 0) is 11.8 Å². The first-order valence-corrected chi connectivity index (χ1v) is 5.85. The Hall–Kier alpha value is -1.32. The van der Waals surface area contributed by atoms with Crippen molar-refractivity contribution >= 4 is 36.3 Å². The molecule has 0 radical (unpaired) electrons. The summed E-state index contributed by atoms with van der Waals surface area (Å²) >= 11 is 5.28. The first kappa shape index (κ1) is 20.0.